The number of nitrogens with one attached hydrogen (secondary N) is 2. The van der Waals surface area contributed by atoms with Crippen molar-refractivity contribution in [3.63, 3.8) is 0 Å². The third kappa shape index (κ3) is 2.14. The first-order chi connectivity index (χ1) is 9.72. The summed E-state index contributed by atoms with van der Waals surface area (Å²) < 4.78 is 2.21. The molecule has 108 valence electrons. The molecule has 3 heterocycles. The van der Waals surface area contributed by atoms with E-state index in [4.69, 9.17) is 0 Å². The maximum Gasteiger partial charge on any atom is 0.142 e. The zero-order valence-electron chi connectivity index (χ0n) is 12.1. The number of rotatable bonds is 3. The van der Waals surface area contributed by atoms with Gasteiger partial charge in [-0.1, -0.05) is 6.92 Å². The number of hydrogen-bond acceptors (Lipinski definition) is 5. The Labute approximate surface area is 119 Å². The molecule has 2 unspecified atom stereocenters. The smallest absolute Gasteiger partial charge is 0.142 e. The van der Waals surface area contributed by atoms with Crippen molar-refractivity contribution >= 4 is 6.72 Å². The van der Waals surface area contributed by atoms with E-state index in [1.807, 2.05) is 13.1 Å². The second-order valence-electron chi connectivity index (χ2n) is 5.70. The molecule has 1 aromatic rings. The van der Waals surface area contributed by atoms with Gasteiger partial charge < -0.3 is 15.2 Å². The lowest BCUT2D eigenvalue weighted by atomic mass is 9.87. The molecule has 4 atom stereocenters. The van der Waals surface area contributed by atoms with Crippen LogP contribution >= 0.6 is 0 Å². The van der Waals surface area contributed by atoms with Crippen LogP contribution in [0.2, 0.25) is 0 Å². The van der Waals surface area contributed by atoms with Gasteiger partial charge in [0.1, 0.15) is 17.8 Å². The zero-order chi connectivity index (χ0) is 14.1. The van der Waals surface area contributed by atoms with E-state index in [1.54, 1.807) is 0 Å². The number of nitrogens with zero attached hydrogens (tertiary/aromatic N) is 4. The van der Waals surface area contributed by atoms with Crippen LogP contribution in [0.15, 0.2) is 17.3 Å². The molecular formula is C14H22N6. The molecular weight excluding hydrogens is 252 g/mol. The standard InChI is InChI=1S/C14H22N6/c1-9-4-6-16-8-11(9)14-19-18-10(2)20(14)12-5-7-17-13(12)15-3/h5,7,9,11-13,16-17H,3-4,6,8H2,1-2H3/t9-,11+,12?,13?/m1/s1. The Kier molecular flexibility index (Phi) is 3.56. The maximum absolute atomic E-state index is 4.45. The topological polar surface area (TPSA) is 67.1 Å². The summed E-state index contributed by atoms with van der Waals surface area (Å²) in [5.41, 5.74) is 0. The average molecular weight is 274 g/mol. The van der Waals surface area contributed by atoms with Crippen LogP contribution in [0, 0.1) is 12.8 Å². The first-order valence-electron chi connectivity index (χ1n) is 7.23. The summed E-state index contributed by atoms with van der Waals surface area (Å²) in [6.07, 6.45) is 5.20. The van der Waals surface area contributed by atoms with E-state index in [2.05, 4.69) is 50.1 Å². The molecule has 0 amide bonds. The molecule has 0 aliphatic carbocycles. The van der Waals surface area contributed by atoms with E-state index >= 15 is 0 Å². The SMILES string of the molecule is C=NC1NC=CC1n1c(C)nnc1[C@H]1CNCC[C@H]1C. The van der Waals surface area contributed by atoms with Gasteiger partial charge in [0.25, 0.3) is 0 Å². The predicted molar refractivity (Wildman–Crippen MR) is 78.8 cm³/mol. The lowest BCUT2D eigenvalue weighted by molar-refractivity contribution is 0.320. The van der Waals surface area contributed by atoms with Crippen molar-refractivity contribution in [1.29, 1.82) is 0 Å². The number of aryl methyl sites for hydroxylation is 1. The summed E-state index contributed by atoms with van der Waals surface area (Å²) in [6, 6.07) is 0.117. The van der Waals surface area contributed by atoms with E-state index in [0.29, 0.717) is 11.8 Å². The van der Waals surface area contributed by atoms with Crippen LogP contribution in [0.5, 0.6) is 0 Å². The Morgan fingerprint density at radius 2 is 2.30 bits per heavy atom. The predicted octanol–water partition coefficient (Wildman–Crippen LogP) is 0.984. The minimum Gasteiger partial charge on any atom is -0.368 e. The summed E-state index contributed by atoms with van der Waals surface area (Å²) in [7, 11) is 0. The molecule has 2 aliphatic rings. The lowest BCUT2D eigenvalue weighted by Gasteiger charge is -2.30. The van der Waals surface area contributed by atoms with E-state index in [9.17, 15) is 0 Å². The van der Waals surface area contributed by atoms with Gasteiger partial charge in [0, 0.05) is 12.5 Å². The highest BCUT2D eigenvalue weighted by atomic mass is 15.3. The molecule has 0 saturated carbocycles. The molecule has 2 aliphatic heterocycles. The van der Waals surface area contributed by atoms with Crippen LogP contribution in [0.4, 0.5) is 0 Å². The minimum atomic E-state index is -0.0321. The van der Waals surface area contributed by atoms with Crippen molar-refractivity contribution < 1.29 is 0 Å². The Bertz CT molecular complexity index is 520. The van der Waals surface area contributed by atoms with Crippen LogP contribution in [0.1, 0.15) is 37.0 Å². The Morgan fingerprint density at radius 3 is 3.05 bits per heavy atom. The summed E-state index contributed by atoms with van der Waals surface area (Å²) in [5.74, 6) is 3.02. The van der Waals surface area contributed by atoms with Gasteiger partial charge in [-0.3, -0.25) is 4.99 Å². The van der Waals surface area contributed by atoms with Crippen molar-refractivity contribution in [1.82, 2.24) is 25.4 Å². The highest BCUT2D eigenvalue weighted by Crippen LogP contribution is 2.32. The monoisotopic (exact) mass is 274 g/mol. The fourth-order valence-corrected chi connectivity index (χ4v) is 3.19. The third-order valence-corrected chi connectivity index (χ3v) is 4.43. The molecule has 6 heteroatoms. The van der Waals surface area contributed by atoms with Crippen LogP contribution in [0.3, 0.4) is 0 Å². The van der Waals surface area contributed by atoms with E-state index in [-0.39, 0.29) is 12.2 Å². The Hall–Kier alpha value is -1.69. The largest absolute Gasteiger partial charge is 0.368 e. The highest BCUT2D eigenvalue weighted by Gasteiger charge is 2.33. The van der Waals surface area contributed by atoms with Crippen LogP contribution in [-0.2, 0) is 0 Å². The molecule has 1 fully saturated rings. The first-order valence-corrected chi connectivity index (χ1v) is 7.23. The summed E-state index contributed by atoms with van der Waals surface area (Å²) in [6.45, 7) is 10.0. The second kappa shape index (κ2) is 5.36. The molecule has 6 nitrogen and oxygen atoms in total. The summed E-state index contributed by atoms with van der Waals surface area (Å²) >= 11 is 0. The van der Waals surface area contributed by atoms with Gasteiger partial charge in [-0.2, -0.15) is 0 Å². The molecule has 1 saturated heterocycles. The van der Waals surface area contributed by atoms with E-state index < -0.39 is 0 Å². The fourth-order valence-electron chi connectivity index (χ4n) is 3.19. The Morgan fingerprint density at radius 1 is 1.45 bits per heavy atom. The van der Waals surface area contributed by atoms with Gasteiger partial charge in [-0.25, -0.2) is 0 Å². The van der Waals surface area contributed by atoms with Gasteiger partial charge in [0.05, 0.1) is 6.04 Å². The highest BCUT2D eigenvalue weighted by molar-refractivity contribution is 5.26. The normalized spacial score (nSPS) is 33.1. The number of piperidine rings is 1. The molecule has 1 aromatic heterocycles. The number of aromatic nitrogens is 3. The van der Waals surface area contributed by atoms with Gasteiger partial charge in [0.2, 0.25) is 0 Å². The van der Waals surface area contributed by atoms with Crippen molar-refractivity contribution in [2.24, 2.45) is 10.9 Å². The third-order valence-electron chi connectivity index (χ3n) is 4.43. The summed E-state index contributed by atoms with van der Waals surface area (Å²) in [4.78, 5) is 4.16. The first kappa shape index (κ1) is 13.3. The zero-order valence-corrected chi connectivity index (χ0v) is 12.1. The van der Waals surface area contributed by atoms with Gasteiger partial charge in [0.15, 0.2) is 0 Å². The Balaban J connectivity index is 1.96. The number of hydrogen-bond donors (Lipinski definition) is 2. The molecule has 0 aromatic carbocycles. The van der Waals surface area contributed by atoms with Gasteiger partial charge in [-0.15, -0.1) is 10.2 Å². The molecule has 0 bridgehead atoms. The van der Waals surface area contributed by atoms with Crippen LogP contribution < -0.4 is 10.6 Å². The van der Waals surface area contributed by atoms with Crippen molar-refractivity contribution in [2.45, 2.75) is 38.4 Å². The van der Waals surface area contributed by atoms with Crippen LogP contribution in [0.25, 0.3) is 0 Å². The molecule has 3 rings (SSSR count). The molecule has 20 heavy (non-hydrogen) atoms. The van der Waals surface area contributed by atoms with Crippen molar-refractivity contribution in [3.8, 4) is 0 Å². The molecule has 0 spiro atoms. The van der Waals surface area contributed by atoms with E-state index in [0.717, 1.165) is 24.7 Å². The molecule has 0 radical (unpaired) electrons. The fraction of sp³-hybridized carbons (Fsp3) is 0.643. The van der Waals surface area contributed by atoms with E-state index in [1.165, 1.54) is 6.42 Å². The van der Waals surface area contributed by atoms with Crippen molar-refractivity contribution in [3.05, 3.63) is 23.9 Å². The summed E-state index contributed by atoms with van der Waals surface area (Å²) in [5, 5.41) is 15.4. The second-order valence-corrected chi connectivity index (χ2v) is 5.70. The average Bonchev–Trinajstić information content (AvgIpc) is 3.05. The van der Waals surface area contributed by atoms with Crippen molar-refractivity contribution in [2.75, 3.05) is 13.1 Å². The minimum absolute atomic E-state index is 0.0321. The maximum atomic E-state index is 4.45. The van der Waals surface area contributed by atoms with Gasteiger partial charge >= 0.3 is 0 Å². The number of aliphatic imine (C=N–C) groups is 1. The molecule has 2 N–H and O–H groups in total. The quantitative estimate of drug-likeness (QED) is 0.807. The lowest BCUT2D eigenvalue weighted by Crippen LogP contribution is -2.37. The van der Waals surface area contributed by atoms with Gasteiger partial charge in [-0.05, 0) is 44.8 Å². The van der Waals surface area contributed by atoms with Crippen LogP contribution in [-0.4, -0.2) is 40.7 Å².